The summed E-state index contributed by atoms with van der Waals surface area (Å²) >= 11 is 0. The Balaban J connectivity index is 1.49. The molecule has 0 bridgehead atoms. The maximum atomic E-state index is 12.4. The molecular weight excluding hydrogens is 344 g/mol. The minimum atomic E-state index is -0.528. The first-order valence-electron chi connectivity index (χ1n) is 8.85. The standard InChI is InChI=1S/C20H20N4O3/c21-13-17-12-18(24(26)27)7-8-19(17)22-10-3-6-20(25)23-11-9-15-4-1-2-5-16(15)14-23/h1-2,4-5,7-8,12,22H,3,6,9-11,14H2. The molecule has 0 aliphatic carbocycles. The van der Waals surface area contributed by atoms with E-state index in [9.17, 15) is 14.9 Å². The summed E-state index contributed by atoms with van der Waals surface area (Å²) in [7, 11) is 0. The van der Waals surface area contributed by atoms with Crippen LogP contribution >= 0.6 is 0 Å². The molecule has 0 aromatic heterocycles. The van der Waals surface area contributed by atoms with Gasteiger partial charge in [0.2, 0.25) is 5.91 Å². The van der Waals surface area contributed by atoms with Crippen LogP contribution in [0.4, 0.5) is 11.4 Å². The Morgan fingerprint density at radius 3 is 2.78 bits per heavy atom. The minimum Gasteiger partial charge on any atom is -0.384 e. The first-order chi connectivity index (χ1) is 13.1. The molecule has 0 atom stereocenters. The van der Waals surface area contributed by atoms with E-state index in [1.54, 1.807) is 0 Å². The molecule has 1 N–H and O–H groups in total. The van der Waals surface area contributed by atoms with Crippen LogP contribution in [0.1, 0.15) is 29.5 Å². The number of carbonyl (C=O) groups excluding carboxylic acids is 1. The highest BCUT2D eigenvalue weighted by Gasteiger charge is 2.19. The van der Waals surface area contributed by atoms with Crippen molar-refractivity contribution < 1.29 is 9.72 Å². The van der Waals surface area contributed by atoms with Gasteiger partial charge >= 0.3 is 0 Å². The lowest BCUT2D eigenvalue weighted by Crippen LogP contribution is -2.35. The summed E-state index contributed by atoms with van der Waals surface area (Å²) in [6.45, 7) is 1.91. The molecule has 1 aliphatic rings. The largest absolute Gasteiger partial charge is 0.384 e. The van der Waals surface area contributed by atoms with E-state index in [-0.39, 0.29) is 17.2 Å². The second-order valence-corrected chi connectivity index (χ2v) is 6.46. The Hall–Kier alpha value is -3.40. The van der Waals surface area contributed by atoms with Crippen molar-refractivity contribution in [3.63, 3.8) is 0 Å². The molecule has 1 amide bonds. The maximum absolute atomic E-state index is 12.4. The number of rotatable bonds is 6. The molecule has 0 fully saturated rings. The Morgan fingerprint density at radius 2 is 2.04 bits per heavy atom. The van der Waals surface area contributed by atoms with Crippen molar-refractivity contribution in [1.82, 2.24) is 4.90 Å². The molecule has 0 saturated heterocycles. The molecule has 138 valence electrons. The number of nitrogens with zero attached hydrogens (tertiary/aromatic N) is 3. The fraction of sp³-hybridized carbons (Fsp3) is 0.300. The van der Waals surface area contributed by atoms with E-state index in [4.69, 9.17) is 5.26 Å². The summed E-state index contributed by atoms with van der Waals surface area (Å²) in [5.74, 6) is 0.121. The van der Waals surface area contributed by atoms with Crippen LogP contribution in [-0.4, -0.2) is 28.8 Å². The number of non-ortho nitro benzene ring substituents is 1. The molecule has 2 aromatic carbocycles. The quantitative estimate of drug-likeness (QED) is 0.482. The van der Waals surface area contributed by atoms with Crippen molar-refractivity contribution in [1.29, 1.82) is 5.26 Å². The third kappa shape index (κ3) is 4.42. The van der Waals surface area contributed by atoms with Gasteiger partial charge in [0.15, 0.2) is 0 Å². The monoisotopic (exact) mass is 364 g/mol. The van der Waals surface area contributed by atoms with Gasteiger partial charge in [0.1, 0.15) is 6.07 Å². The van der Waals surface area contributed by atoms with E-state index in [0.717, 1.165) is 13.0 Å². The number of carbonyl (C=O) groups is 1. The molecule has 0 saturated carbocycles. The number of nitro benzene ring substituents is 1. The van der Waals surface area contributed by atoms with Crippen molar-refractivity contribution in [2.24, 2.45) is 0 Å². The normalized spacial score (nSPS) is 12.8. The third-order valence-corrected chi connectivity index (χ3v) is 4.70. The van der Waals surface area contributed by atoms with E-state index in [1.165, 1.54) is 29.3 Å². The zero-order valence-electron chi connectivity index (χ0n) is 14.9. The summed E-state index contributed by atoms with van der Waals surface area (Å²) in [5, 5.41) is 23.0. The molecule has 7 nitrogen and oxygen atoms in total. The molecule has 1 aliphatic heterocycles. The van der Waals surface area contributed by atoms with Crippen molar-refractivity contribution in [2.75, 3.05) is 18.4 Å². The van der Waals surface area contributed by atoms with Crippen LogP contribution in [0.25, 0.3) is 0 Å². The van der Waals surface area contributed by atoms with Gasteiger partial charge in [0, 0.05) is 38.2 Å². The highest BCUT2D eigenvalue weighted by atomic mass is 16.6. The number of fused-ring (bicyclic) bond motifs is 1. The lowest BCUT2D eigenvalue weighted by atomic mass is 9.99. The van der Waals surface area contributed by atoms with Crippen molar-refractivity contribution in [3.05, 3.63) is 69.3 Å². The van der Waals surface area contributed by atoms with E-state index < -0.39 is 4.92 Å². The van der Waals surface area contributed by atoms with Gasteiger partial charge in [0.05, 0.1) is 16.2 Å². The van der Waals surface area contributed by atoms with Crippen molar-refractivity contribution >= 4 is 17.3 Å². The lowest BCUT2D eigenvalue weighted by Gasteiger charge is -2.29. The number of benzene rings is 2. The second kappa shape index (κ2) is 8.32. The van der Waals surface area contributed by atoms with E-state index in [2.05, 4.69) is 17.4 Å². The number of anilines is 1. The molecule has 0 radical (unpaired) electrons. The number of hydrogen-bond donors (Lipinski definition) is 1. The van der Waals surface area contributed by atoms with Gasteiger partial charge in [-0.3, -0.25) is 14.9 Å². The fourth-order valence-electron chi connectivity index (χ4n) is 3.22. The summed E-state index contributed by atoms with van der Waals surface area (Å²) in [4.78, 5) is 24.6. The average Bonchev–Trinajstić information content (AvgIpc) is 2.70. The van der Waals surface area contributed by atoms with Gasteiger partial charge in [-0.1, -0.05) is 24.3 Å². The van der Waals surface area contributed by atoms with E-state index >= 15 is 0 Å². The molecule has 0 spiro atoms. The van der Waals surface area contributed by atoms with Gasteiger partial charge in [-0.25, -0.2) is 0 Å². The zero-order valence-corrected chi connectivity index (χ0v) is 14.9. The van der Waals surface area contributed by atoms with Gasteiger partial charge in [-0.15, -0.1) is 0 Å². The second-order valence-electron chi connectivity index (χ2n) is 6.46. The number of nitriles is 1. The number of hydrogen-bond acceptors (Lipinski definition) is 5. The van der Waals surface area contributed by atoms with Crippen LogP contribution in [0.2, 0.25) is 0 Å². The molecule has 0 unspecified atom stereocenters. The number of nitro groups is 1. The van der Waals surface area contributed by atoms with Gasteiger partial charge < -0.3 is 10.2 Å². The summed E-state index contributed by atoms with van der Waals surface area (Å²) in [6.07, 6.45) is 1.93. The molecular formula is C20H20N4O3. The van der Waals surface area contributed by atoms with Crippen LogP contribution < -0.4 is 5.32 Å². The average molecular weight is 364 g/mol. The Bertz CT molecular complexity index is 904. The summed E-state index contributed by atoms with van der Waals surface area (Å²) in [6, 6.07) is 14.3. The lowest BCUT2D eigenvalue weighted by molar-refractivity contribution is -0.384. The van der Waals surface area contributed by atoms with Gasteiger partial charge in [0.25, 0.3) is 5.69 Å². The van der Waals surface area contributed by atoms with Gasteiger partial charge in [-0.2, -0.15) is 5.26 Å². The topological polar surface area (TPSA) is 99.3 Å². The Labute approximate surface area is 157 Å². The highest BCUT2D eigenvalue weighted by Crippen LogP contribution is 2.22. The first-order valence-corrected chi connectivity index (χ1v) is 8.85. The van der Waals surface area contributed by atoms with Crippen LogP contribution in [0.3, 0.4) is 0 Å². The van der Waals surface area contributed by atoms with Crippen LogP contribution in [-0.2, 0) is 17.8 Å². The van der Waals surface area contributed by atoms with Crippen LogP contribution in [0.15, 0.2) is 42.5 Å². The Kier molecular flexibility index (Phi) is 5.67. The molecule has 7 heteroatoms. The van der Waals surface area contributed by atoms with Crippen LogP contribution in [0.5, 0.6) is 0 Å². The summed E-state index contributed by atoms with van der Waals surface area (Å²) < 4.78 is 0. The maximum Gasteiger partial charge on any atom is 0.270 e. The first kappa shape index (κ1) is 18.4. The molecule has 2 aromatic rings. The predicted octanol–water partition coefficient (Wildman–Crippen LogP) is 3.24. The predicted molar refractivity (Wildman–Crippen MR) is 101 cm³/mol. The number of nitrogens with one attached hydrogen (secondary N) is 1. The summed E-state index contributed by atoms with van der Waals surface area (Å²) in [5.41, 5.74) is 3.17. The number of amides is 1. The molecule has 27 heavy (non-hydrogen) atoms. The van der Waals surface area contributed by atoms with Crippen molar-refractivity contribution in [3.8, 4) is 6.07 Å². The van der Waals surface area contributed by atoms with E-state index in [1.807, 2.05) is 23.1 Å². The smallest absolute Gasteiger partial charge is 0.270 e. The van der Waals surface area contributed by atoms with Crippen LogP contribution in [0, 0.1) is 21.4 Å². The highest BCUT2D eigenvalue weighted by molar-refractivity contribution is 5.76. The molecule has 3 rings (SSSR count). The third-order valence-electron chi connectivity index (χ3n) is 4.70. The Morgan fingerprint density at radius 1 is 1.26 bits per heavy atom. The van der Waals surface area contributed by atoms with Gasteiger partial charge in [-0.05, 0) is 30.0 Å². The molecule has 1 heterocycles. The van der Waals surface area contributed by atoms with E-state index in [0.29, 0.717) is 31.6 Å². The zero-order chi connectivity index (χ0) is 19.2. The SMILES string of the molecule is N#Cc1cc([N+](=O)[O-])ccc1NCCCC(=O)N1CCc2ccccc2C1. The minimum absolute atomic E-state index is 0.113. The van der Waals surface area contributed by atoms with Crippen molar-refractivity contribution in [2.45, 2.75) is 25.8 Å². The fourth-order valence-corrected chi connectivity index (χ4v) is 3.22.